The Balaban J connectivity index is 2.88. The monoisotopic (exact) mass is 306 g/mol. The Labute approximate surface area is 126 Å². The van der Waals surface area contributed by atoms with Crippen LogP contribution < -0.4 is 14.2 Å². The number of methoxy groups -OCH3 is 3. The molecule has 1 aliphatic carbocycles. The molecule has 1 unspecified atom stereocenters. The fourth-order valence-electron chi connectivity index (χ4n) is 2.48. The maximum Gasteiger partial charge on any atom is 0.234 e. The summed E-state index contributed by atoms with van der Waals surface area (Å²) in [6.45, 7) is 1.09. The van der Waals surface area contributed by atoms with E-state index >= 15 is 0 Å². The highest BCUT2D eigenvalue weighted by atomic mass is 16.5. The average molecular weight is 306 g/mol. The molecule has 0 spiro atoms. The van der Waals surface area contributed by atoms with E-state index in [9.17, 15) is 19.2 Å². The van der Waals surface area contributed by atoms with Crippen molar-refractivity contribution in [3.8, 4) is 17.2 Å². The Hall–Kier alpha value is -2.70. The SMILES string of the molecule is COc1cc(OC)c2c(c1OC)C(=O)C(=O)C(C(C)=O)C2=O. The summed E-state index contributed by atoms with van der Waals surface area (Å²) in [4.78, 5) is 48.5. The largest absolute Gasteiger partial charge is 0.496 e. The molecule has 0 fully saturated rings. The number of carbonyl (C=O) groups excluding carboxylic acids is 4. The molecule has 0 saturated carbocycles. The van der Waals surface area contributed by atoms with Crippen LogP contribution in [0, 0.1) is 5.92 Å². The van der Waals surface area contributed by atoms with E-state index in [0.29, 0.717) is 0 Å². The van der Waals surface area contributed by atoms with Gasteiger partial charge in [0.25, 0.3) is 0 Å². The molecule has 0 bridgehead atoms. The molecule has 22 heavy (non-hydrogen) atoms. The van der Waals surface area contributed by atoms with Crippen molar-refractivity contribution < 1.29 is 33.4 Å². The molecular formula is C15H14O7. The smallest absolute Gasteiger partial charge is 0.234 e. The molecule has 7 heteroatoms. The van der Waals surface area contributed by atoms with Crippen LogP contribution in [0.25, 0.3) is 0 Å². The first-order valence-electron chi connectivity index (χ1n) is 6.35. The highest BCUT2D eigenvalue weighted by Crippen LogP contribution is 2.43. The second-order valence-electron chi connectivity index (χ2n) is 4.67. The lowest BCUT2D eigenvalue weighted by Crippen LogP contribution is -2.41. The van der Waals surface area contributed by atoms with Gasteiger partial charge in [-0.2, -0.15) is 0 Å². The number of hydrogen-bond donors (Lipinski definition) is 0. The Kier molecular flexibility index (Phi) is 3.99. The number of ketones is 4. The summed E-state index contributed by atoms with van der Waals surface area (Å²) >= 11 is 0. The number of hydrogen-bond acceptors (Lipinski definition) is 7. The molecule has 0 saturated heterocycles. The Morgan fingerprint density at radius 2 is 1.50 bits per heavy atom. The zero-order valence-electron chi connectivity index (χ0n) is 12.5. The van der Waals surface area contributed by atoms with Gasteiger partial charge in [-0.25, -0.2) is 0 Å². The predicted molar refractivity (Wildman–Crippen MR) is 73.9 cm³/mol. The van der Waals surface area contributed by atoms with Crippen LogP contribution >= 0.6 is 0 Å². The van der Waals surface area contributed by atoms with Crippen LogP contribution in [-0.2, 0) is 9.59 Å². The molecule has 0 amide bonds. The fraction of sp³-hybridized carbons (Fsp3) is 0.333. The third-order valence-electron chi connectivity index (χ3n) is 3.48. The number of carbonyl (C=O) groups is 4. The van der Waals surface area contributed by atoms with Gasteiger partial charge < -0.3 is 14.2 Å². The van der Waals surface area contributed by atoms with Gasteiger partial charge in [-0.15, -0.1) is 0 Å². The van der Waals surface area contributed by atoms with Crippen LogP contribution in [0.3, 0.4) is 0 Å². The van der Waals surface area contributed by atoms with E-state index in [1.807, 2.05) is 0 Å². The molecule has 0 heterocycles. The fourth-order valence-corrected chi connectivity index (χ4v) is 2.48. The standard InChI is InChI=1S/C15H14O7/c1-6(16)9-12(17)10-7(20-2)5-8(21-3)15(22-4)11(10)14(19)13(9)18/h5,9H,1-4H3. The predicted octanol–water partition coefficient (Wildman–Crippen LogP) is 0.866. The molecule has 116 valence electrons. The summed E-state index contributed by atoms with van der Waals surface area (Å²) in [6, 6.07) is 1.37. The van der Waals surface area contributed by atoms with Crippen LogP contribution in [-0.4, -0.2) is 44.5 Å². The molecule has 2 rings (SSSR count). The summed E-state index contributed by atoms with van der Waals surface area (Å²) in [5.74, 6) is -4.98. The van der Waals surface area contributed by atoms with Gasteiger partial charge in [-0.3, -0.25) is 19.2 Å². The second kappa shape index (κ2) is 5.59. The quantitative estimate of drug-likeness (QED) is 0.601. The second-order valence-corrected chi connectivity index (χ2v) is 4.67. The third-order valence-corrected chi connectivity index (χ3v) is 3.48. The maximum atomic E-state index is 12.5. The van der Waals surface area contributed by atoms with Gasteiger partial charge in [0.15, 0.2) is 17.3 Å². The third kappa shape index (κ3) is 2.05. The first-order chi connectivity index (χ1) is 10.4. The minimum Gasteiger partial charge on any atom is -0.496 e. The highest BCUT2D eigenvalue weighted by molar-refractivity contribution is 6.56. The molecular weight excluding hydrogens is 292 g/mol. The molecule has 1 aromatic carbocycles. The van der Waals surface area contributed by atoms with Gasteiger partial charge in [0.1, 0.15) is 17.5 Å². The highest BCUT2D eigenvalue weighted by Gasteiger charge is 2.47. The maximum absolute atomic E-state index is 12.5. The van der Waals surface area contributed by atoms with E-state index in [4.69, 9.17) is 14.2 Å². The topological polar surface area (TPSA) is 96.0 Å². The summed E-state index contributed by atoms with van der Waals surface area (Å²) in [5, 5.41) is 0. The molecule has 1 aromatic rings. The molecule has 7 nitrogen and oxygen atoms in total. The number of benzene rings is 1. The van der Waals surface area contributed by atoms with Crippen molar-refractivity contribution in [3.63, 3.8) is 0 Å². The summed E-state index contributed by atoms with van der Waals surface area (Å²) in [7, 11) is 3.93. The van der Waals surface area contributed by atoms with Crippen LogP contribution in [0.5, 0.6) is 17.2 Å². The van der Waals surface area contributed by atoms with Gasteiger partial charge in [0.2, 0.25) is 11.6 Å². The van der Waals surface area contributed by atoms with Crippen molar-refractivity contribution in [3.05, 3.63) is 17.2 Å². The van der Waals surface area contributed by atoms with Gasteiger partial charge in [0, 0.05) is 6.07 Å². The lowest BCUT2D eigenvalue weighted by molar-refractivity contribution is -0.127. The summed E-state index contributed by atoms with van der Waals surface area (Å²) in [6.07, 6.45) is 0. The van der Waals surface area contributed by atoms with Crippen LogP contribution in [0.15, 0.2) is 6.07 Å². The van der Waals surface area contributed by atoms with Crippen molar-refractivity contribution in [2.45, 2.75) is 6.92 Å². The van der Waals surface area contributed by atoms with Gasteiger partial charge >= 0.3 is 0 Å². The molecule has 0 aliphatic heterocycles. The Morgan fingerprint density at radius 3 is 1.95 bits per heavy atom. The van der Waals surface area contributed by atoms with E-state index in [1.54, 1.807) is 0 Å². The minimum absolute atomic E-state index is 0.0352. The summed E-state index contributed by atoms with van der Waals surface area (Å²) < 4.78 is 15.3. The first kappa shape index (κ1) is 15.7. The Morgan fingerprint density at radius 1 is 0.909 bits per heavy atom. The molecule has 1 aliphatic rings. The van der Waals surface area contributed by atoms with Crippen LogP contribution in [0.2, 0.25) is 0 Å². The lowest BCUT2D eigenvalue weighted by atomic mass is 9.78. The van der Waals surface area contributed by atoms with Crippen molar-refractivity contribution in [1.82, 2.24) is 0 Å². The molecule has 0 radical (unpaired) electrons. The normalized spacial score (nSPS) is 17.1. The van der Waals surface area contributed by atoms with Crippen molar-refractivity contribution >= 4 is 23.1 Å². The van der Waals surface area contributed by atoms with E-state index in [-0.39, 0.29) is 28.4 Å². The van der Waals surface area contributed by atoms with Gasteiger partial charge in [0.05, 0.1) is 32.5 Å². The molecule has 1 atom stereocenters. The molecule has 0 N–H and O–H groups in total. The van der Waals surface area contributed by atoms with Crippen molar-refractivity contribution in [2.24, 2.45) is 5.92 Å². The molecule has 0 aromatic heterocycles. The zero-order valence-corrected chi connectivity index (χ0v) is 12.5. The number of ether oxygens (including phenoxy) is 3. The minimum atomic E-state index is -1.63. The first-order valence-corrected chi connectivity index (χ1v) is 6.35. The van der Waals surface area contributed by atoms with E-state index in [1.165, 1.54) is 27.4 Å². The Bertz CT molecular complexity index is 702. The lowest BCUT2D eigenvalue weighted by Gasteiger charge is -2.24. The van der Waals surface area contributed by atoms with Crippen molar-refractivity contribution in [1.29, 1.82) is 0 Å². The van der Waals surface area contributed by atoms with Crippen LogP contribution in [0.1, 0.15) is 27.6 Å². The average Bonchev–Trinajstić information content (AvgIpc) is 2.50. The summed E-state index contributed by atoms with van der Waals surface area (Å²) in [5.41, 5.74) is -0.365. The van der Waals surface area contributed by atoms with Gasteiger partial charge in [-0.05, 0) is 6.92 Å². The number of rotatable bonds is 4. The van der Waals surface area contributed by atoms with E-state index < -0.39 is 29.1 Å². The number of Topliss-reactive ketones (excluding diaryl/α,β-unsaturated/α-hetero) is 4. The van der Waals surface area contributed by atoms with E-state index in [0.717, 1.165) is 6.92 Å². The van der Waals surface area contributed by atoms with Crippen molar-refractivity contribution in [2.75, 3.05) is 21.3 Å². The van der Waals surface area contributed by atoms with Crippen LogP contribution in [0.4, 0.5) is 0 Å². The van der Waals surface area contributed by atoms with E-state index in [2.05, 4.69) is 0 Å². The zero-order chi connectivity index (χ0) is 16.6. The number of fused-ring (bicyclic) bond motifs is 1. The van der Waals surface area contributed by atoms with Gasteiger partial charge in [-0.1, -0.05) is 0 Å².